The summed E-state index contributed by atoms with van der Waals surface area (Å²) < 4.78 is 26.4. The second-order valence-electron chi connectivity index (χ2n) is 7.52. The molecular formula is C22H29NO2S. The van der Waals surface area contributed by atoms with Gasteiger partial charge in [0.2, 0.25) is 0 Å². The predicted molar refractivity (Wildman–Crippen MR) is 107 cm³/mol. The molecule has 0 aromatic heterocycles. The molecule has 2 aromatic rings. The number of hydrogen-bond donors (Lipinski definition) is 1. The molecule has 1 heterocycles. The molecule has 0 saturated heterocycles. The third-order valence-electron chi connectivity index (χ3n) is 5.58. The summed E-state index contributed by atoms with van der Waals surface area (Å²) in [6, 6.07) is 15.8. The highest BCUT2D eigenvalue weighted by Gasteiger charge is 2.41. The first kappa shape index (κ1) is 19.1. The van der Waals surface area contributed by atoms with E-state index in [1.165, 1.54) is 5.56 Å². The Morgan fingerprint density at radius 2 is 1.77 bits per heavy atom. The van der Waals surface area contributed by atoms with E-state index in [1.807, 2.05) is 18.2 Å². The molecule has 0 aliphatic carbocycles. The van der Waals surface area contributed by atoms with Gasteiger partial charge in [0.15, 0.2) is 9.84 Å². The zero-order valence-corrected chi connectivity index (χ0v) is 16.8. The molecule has 0 radical (unpaired) electrons. The van der Waals surface area contributed by atoms with Gasteiger partial charge in [-0.3, -0.25) is 5.32 Å². The molecule has 26 heavy (non-hydrogen) atoms. The Balaban J connectivity index is 2.17. The average Bonchev–Trinajstić information content (AvgIpc) is 2.74. The average molecular weight is 372 g/mol. The van der Waals surface area contributed by atoms with Crippen molar-refractivity contribution in [2.24, 2.45) is 0 Å². The van der Waals surface area contributed by atoms with Gasteiger partial charge < -0.3 is 0 Å². The van der Waals surface area contributed by atoms with Crippen molar-refractivity contribution in [2.45, 2.75) is 62.9 Å². The Hall–Kier alpha value is -1.65. The second kappa shape index (κ2) is 7.53. The van der Waals surface area contributed by atoms with Crippen molar-refractivity contribution >= 4 is 9.84 Å². The van der Waals surface area contributed by atoms with Crippen LogP contribution in [0.2, 0.25) is 0 Å². The van der Waals surface area contributed by atoms with Crippen molar-refractivity contribution < 1.29 is 8.42 Å². The van der Waals surface area contributed by atoms with Gasteiger partial charge in [-0.1, -0.05) is 74.7 Å². The predicted octanol–water partition coefficient (Wildman–Crippen LogP) is 4.80. The van der Waals surface area contributed by atoms with Crippen LogP contribution in [0.15, 0.2) is 53.4 Å². The molecule has 2 atom stereocenters. The van der Waals surface area contributed by atoms with Gasteiger partial charge in [0.05, 0.1) is 16.7 Å². The molecule has 2 aromatic carbocycles. The normalized spacial score (nSPS) is 24.7. The van der Waals surface area contributed by atoms with Crippen LogP contribution in [0.25, 0.3) is 0 Å². The van der Waals surface area contributed by atoms with Gasteiger partial charge >= 0.3 is 0 Å². The quantitative estimate of drug-likeness (QED) is 0.821. The first-order chi connectivity index (χ1) is 12.4. The molecule has 3 nitrogen and oxygen atoms in total. The van der Waals surface area contributed by atoms with Crippen LogP contribution < -0.4 is 5.32 Å². The van der Waals surface area contributed by atoms with E-state index in [1.54, 1.807) is 6.07 Å². The van der Waals surface area contributed by atoms with Crippen LogP contribution in [0.1, 0.15) is 62.3 Å². The van der Waals surface area contributed by atoms with Crippen LogP contribution in [0, 0.1) is 6.92 Å². The van der Waals surface area contributed by atoms with Crippen LogP contribution in [-0.4, -0.2) is 19.7 Å². The van der Waals surface area contributed by atoms with Gasteiger partial charge in [-0.15, -0.1) is 0 Å². The van der Waals surface area contributed by atoms with E-state index >= 15 is 0 Å². The lowest BCUT2D eigenvalue weighted by molar-refractivity contribution is 0.295. The summed E-state index contributed by atoms with van der Waals surface area (Å²) in [4.78, 5) is 0.477. The van der Waals surface area contributed by atoms with Crippen LogP contribution in [0.4, 0.5) is 0 Å². The molecule has 0 unspecified atom stereocenters. The standard InChI is InChI=1S/C22H29NO2S/c1-4-6-15-22(5-2)16-26(24,25)20-10-8-7-9-19(20)21(23-22)18-13-11-17(3)12-14-18/h7-14,21,23H,4-6,15-16H2,1-3H3/t21-,22-/m1/s1. The maximum Gasteiger partial charge on any atom is 0.180 e. The number of unbranched alkanes of at least 4 members (excludes halogenated alkanes) is 1. The molecule has 1 aliphatic rings. The van der Waals surface area contributed by atoms with Crippen molar-refractivity contribution in [1.29, 1.82) is 0 Å². The highest BCUT2D eigenvalue weighted by molar-refractivity contribution is 7.91. The monoisotopic (exact) mass is 371 g/mol. The lowest BCUT2D eigenvalue weighted by Crippen LogP contribution is -2.50. The SMILES string of the molecule is CCCC[C@]1(CC)CS(=O)(=O)c2ccccc2[C@@H](c2ccc(C)cc2)N1. The Labute approximate surface area is 157 Å². The highest BCUT2D eigenvalue weighted by atomic mass is 32.2. The zero-order chi connectivity index (χ0) is 18.8. The number of fused-ring (bicyclic) bond motifs is 1. The number of nitrogens with one attached hydrogen (secondary N) is 1. The summed E-state index contributed by atoms with van der Waals surface area (Å²) >= 11 is 0. The summed E-state index contributed by atoms with van der Waals surface area (Å²) in [5.74, 6) is 0.163. The van der Waals surface area contributed by atoms with E-state index in [9.17, 15) is 8.42 Å². The minimum Gasteiger partial charge on any atom is -0.300 e. The summed E-state index contributed by atoms with van der Waals surface area (Å²) in [5, 5.41) is 3.78. The Morgan fingerprint density at radius 3 is 2.42 bits per heavy atom. The fraction of sp³-hybridized carbons (Fsp3) is 0.455. The van der Waals surface area contributed by atoms with Crippen molar-refractivity contribution in [3.05, 3.63) is 65.2 Å². The second-order valence-corrected chi connectivity index (χ2v) is 9.48. The Bertz CT molecular complexity index is 858. The number of aryl methyl sites for hydroxylation is 1. The first-order valence-corrected chi connectivity index (χ1v) is 11.2. The maximum atomic E-state index is 13.2. The van der Waals surface area contributed by atoms with E-state index in [0.29, 0.717) is 4.90 Å². The van der Waals surface area contributed by atoms with Crippen LogP contribution in [0.5, 0.6) is 0 Å². The zero-order valence-electron chi connectivity index (χ0n) is 16.0. The molecule has 0 bridgehead atoms. The lowest BCUT2D eigenvalue weighted by Gasteiger charge is -2.36. The number of hydrogen-bond acceptors (Lipinski definition) is 3. The van der Waals surface area contributed by atoms with Crippen molar-refractivity contribution in [1.82, 2.24) is 5.32 Å². The molecule has 1 aliphatic heterocycles. The molecular weight excluding hydrogens is 342 g/mol. The molecule has 3 rings (SSSR count). The van der Waals surface area contributed by atoms with E-state index < -0.39 is 15.4 Å². The fourth-order valence-corrected chi connectivity index (χ4v) is 6.08. The summed E-state index contributed by atoms with van der Waals surface area (Å²) in [6.45, 7) is 6.32. The molecule has 140 valence electrons. The lowest BCUT2D eigenvalue weighted by atomic mass is 9.88. The minimum atomic E-state index is -3.34. The van der Waals surface area contributed by atoms with Crippen LogP contribution >= 0.6 is 0 Å². The van der Waals surface area contributed by atoms with Gasteiger partial charge in [0.25, 0.3) is 0 Å². The van der Waals surface area contributed by atoms with Crippen LogP contribution in [0.3, 0.4) is 0 Å². The molecule has 0 spiro atoms. The van der Waals surface area contributed by atoms with Gasteiger partial charge in [0, 0.05) is 5.54 Å². The van der Waals surface area contributed by atoms with Crippen molar-refractivity contribution in [3.63, 3.8) is 0 Å². The largest absolute Gasteiger partial charge is 0.300 e. The molecule has 0 fully saturated rings. The van der Waals surface area contributed by atoms with Crippen molar-refractivity contribution in [3.8, 4) is 0 Å². The molecule has 0 amide bonds. The van der Waals surface area contributed by atoms with E-state index in [0.717, 1.165) is 36.8 Å². The molecule has 0 saturated carbocycles. The third-order valence-corrected chi connectivity index (χ3v) is 7.55. The summed E-state index contributed by atoms with van der Waals surface area (Å²) in [7, 11) is -3.34. The van der Waals surface area contributed by atoms with E-state index in [-0.39, 0.29) is 11.8 Å². The van der Waals surface area contributed by atoms with Crippen LogP contribution in [-0.2, 0) is 9.84 Å². The maximum absolute atomic E-state index is 13.2. The van der Waals surface area contributed by atoms with Gasteiger partial charge in [-0.25, -0.2) is 8.42 Å². The molecule has 1 N–H and O–H groups in total. The minimum absolute atomic E-state index is 0.110. The number of benzene rings is 2. The van der Waals surface area contributed by atoms with E-state index in [4.69, 9.17) is 0 Å². The highest BCUT2D eigenvalue weighted by Crippen LogP contribution is 2.37. The topological polar surface area (TPSA) is 46.2 Å². The smallest absolute Gasteiger partial charge is 0.180 e. The van der Waals surface area contributed by atoms with E-state index in [2.05, 4.69) is 50.4 Å². The van der Waals surface area contributed by atoms with Gasteiger partial charge in [-0.2, -0.15) is 0 Å². The summed E-state index contributed by atoms with van der Waals surface area (Å²) in [6.07, 6.45) is 3.75. The van der Waals surface area contributed by atoms with Crippen molar-refractivity contribution in [2.75, 3.05) is 5.75 Å². The fourth-order valence-electron chi connectivity index (χ4n) is 3.93. The molecule has 4 heteroatoms. The number of rotatable bonds is 5. The van der Waals surface area contributed by atoms with Gasteiger partial charge in [-0.05, 0) is 37.0 Å². The number of sulfone groups is 1. The summed E-state index contributed by atoms with van der Waals surface area (Å²) in [5.41, 5.74) is 2.79. The Morgan fingerprint density at radius 1 is 1.08 bits per heavy atom. The first-order valence-electron chi connectivity index (χ1n) is 9.57. The Kier molecular flexibility index (Phi) is 5.54. The van der Waals surface area contributed by atoms with Gasteiger partial charge in [0.1, 0.15) is 0 Å². The third kappa shape index (κ3) is 3.72.